The largest absolute Gasteiger partial charge is 0.444 e. The van der Waals surface area contributed by atoms with E-state index >= 15 is 0 Å². The second kappa shape index (κ2) is 5.04. The van der Waals surface area contributed by atoms with Gasteiger partial charge in [-0.05, 0) is 27.7 Å². The molecule has 0 aromatic rings. The molecular weight excluding hydrogens is 222 g/mol. The maximum atomic E-state index is 11.8. The van der Waals surface area contributed by atoms with E-state index in [1.54, 1.807) is 0 Å². The predicted octanol–water partition coefficient (Wildman–Crippen LogP) is 1.60. The molecule has 0 spiro atoms. The molecule has 1 unspecified atom stereocenters. The monoisotopic (exact) mass is 243 g/mol. The second-order valence-electron chi connectivity index (χ2n) is 5.27. The van der Waals surface area contributed by atoms with Gasteiger partial charge < -0.3 is 19.2 Å². The number of carbonyl (C=O) groups is 2. The summed E-state index contributed by atoms with van der Waals surface area (Å²) < 4.78 is 10.7. The van der Waals surface area contributed by atoms with Crippen LogP contribution in [0.3, 0.4) is 0 Å². The molecule has 0 aliphatic carbocycles. The lowest BCUT2D eigenvalue weighted by Gasteiger charge is -2.26. The third-order valence-corrected chi connectivity index (χ3v) is 2.56. The average molecular weight is 243 g/mol. The third-order valence-electron chi connectivity index (χ3n) is 2.56. The molecule has 5 nitrogen and oxygen atoms in total. The van der Waals surface area contributed by atoms with Crippen LogP contribution in [0, 0.1) is 0 Å². The van der Waals surface area contributed by atoms with Gasteiger partial charge in [0.15, 0.2) is 6.29 Å². The molecule has 1 fully saturated rings. The molecule has 1 aliphatic heterocycles. The van der Waals surface area contributed by atoms with Crippen LogP contribution in [0.1, 0.15) is 34.1 Å². The van der Waals surface area contributed by atoms with Gasteiger partial charge in [0.1, 0.15) is 11.2 Å². The molecule has 1 amide bonds. The van der Waals surface area contributed by atoms with Crippen LogP contribution in [0.2, 0.25) is 0 Å². The van der Waals surface area contributed by atoms with Gasteiger partial charge in [-0.1, -0.05) is 0 Å². The molecule has 0 aromatic heterocycles. The molecular formula is C12H21NO4. The zero-order valence-corrected chi connectivity index (χ0v) is 11.0. The minimum atomic E-state index is -0.842. The number of aldehydes is 1. The zero-order chi connectivity index (χ0) is 13.1. The molecule has 98 valence electrons. The van der Waals surface area contributed by atoms with Crippen molar-refractivity contribution >= 4 is 12.4 Å². The first-order valence-electron chi connectivity index (χ1n) is 5.90. The molecule has 1 rings (SSSR count). The highest BCUT2D eigenvalue weighted by Gasteiger charge is 2.41. The Balaban J connectivity index is 2.60. The fourth-order valence-corrected chi connectivity index (χ4v) is 1.82. The summed E-state index contributed by atoms with van der Waals surface area (Å²) in [5.41, 5.74) is -1.36. The van der Waals surface area contributed by atoms with Gasteiger partial charge in [-0.3, -0.25) is 0 Å². The lowest BCUT2D eigenvalue weighted by atomic mass is 10.1. The minimum Gasteiger partial charge on any atom is -0.444 e. The van der Waals surface area contributed by atoms with Crippen LogP contribution < -0.4 is 0 Å². The Kier molecular flexibility index (Phi) is 4.14. The quantitative estimate of drug-likeness (QED) is 0.706. The Labute approximate surface area is 102 Å². The predicted molar refractivity (Wildman–Crippen MR) is 62.8 cm³/mol. The summed E-state index contributed by atoms with van der Waals surface area (Å²) in [5.74, 6) is 0. The van der Waals surface area contributed by atoms with Gasteiger partial charge in [0.05, 0.1) is 6.54 Å². The van der Waals surface area contributed by atoms with Crippen molar-refractivity contribution in [3.05, 3.63) is 0 Å². The molecule has 1 aliphatic rings. The van der Waals surface area contributed by atoms with Gasteiger partial charge in [-0.2, -0.15) is 0 Å². The Hall–Kier alpha value is -1.10. The number of rotatable bonds is 3. The number of hydrogen-bond acceptors (Lipinski definition) is 4. The molecule has 5 heteroatoms. The fourth-order valence-electron chi connectivity index (χ4n) is 1.82. The number of hydrogen-bond donors (Lipinski definition) is 0. The molecule has 0 N–H and O–H groups in total. The van der Waals surface area contributed by atoms with Crippen molar-refractivity contribution in [3.8, 4) is 0 Å². The van der Waals surface area contributed by atoms with Crippen LogP contribution in [-0.2, 0) is 14.3 Å². The van der Waals surface area contributed by atoms with Crippen LogP contribution in [0.5, 0.6) is 0 Å². The van der Waals surface area contributed by atoms with E-state index in [-0.39, 0.29) is 12.6 Å². The number of nitrogens with zero attached hydrogens (tertiary/aromatic N) is 1. The summed E-state index contributed by atoms with van der Waals surface area (Å²) in [4.78, 5) is 24.4. The van der Waals surface area contributed by atoms with E-state index in [2.05, 4.69) is 0 Å². The third kappa shape index (κ3) is 3.70. The van der Waals surface area contributed by atoms with E-state index in [1.165, 1.54) is 4.90 Å². The van der Waals surface area contributed by atoms with Crippen molar-refractivity contribution in [1.82, 2.24) is 4.90 Å². The van der Waals surface area contributed by atoms with E-state index in [1.807, 2.05) is 27.7 Å². The Bertz CT molecular complexity index is 297. The van der Waals surface area contributed by atoms with Crippen molar-refractivity contribution in [2.45, 2.75) is 45.3 Å². The highest BCUT2D eigenvalue weighted by Crippen LogP contribution is 2.25. The molecule has 17 heavy (non-hydrogen) atoms. The summed E-state index contributed by atoms with van der Waals surface area (Å²) in [6.45, 7) is 8.51. The van der Waals surface area contributed by atoms with Crippen LogP contribution in [0.4, 0.5) is 4.79 Å². The second-order valence-corrected chi connectivity index (χ2v) is 5.27. The average Bonchev–Trinajstić information content (AvgIpc) is 2.61. The Morgan fingerprint density at radius 2 is 2.12 bits per heavy atom. The summed E-state index contributed by atoms with van der Waals surface area (Å²) in [5, 5.41) is 0. The van der Waals surface area contributed by atoms with Gasteiger partial charge in [-0.25, -0.2) is 4.79 Å². The molecule has 0 bridgehead atoms. The smallest absolute Gasteiger partial charge is 0.410 e. The maximum Gasteiger partial charge on any atom is 0.410 e. The van der Waals surface area contributed by atoms with E-state index < -0.39 is 11.2 Å². The topological polar surface area (TPSA) is 55.8 Å². The maximum absolute atomic E-state index is 11.8. The van der Waals surface area contributed by atoms with Crippen molar-refractivity contribution in [2.75, 3.05) is 19.7 Å². The highest BCUT2D eigenvalue weighted by molar-refractivity contribution is 5.72. The number of carbonyl (C=O) groups excluding carboxylic acids is 2. The SMILES string of the molecule is CCOC1(C=O)CCN(C(=O)OC(C)(C)C)C1. The first-order valence-corrected chi connectivity index (χ1v) is 5.90. The number of likely N-dealkylation sites (tertiary alicyclic amines) is 1. The lowest BCUT2D eigenvalue weighted by Crippen LogP contribution is -2.41. The lowest BCUT2D eigenvalue weighted by molar-refractivity contribution is -0.129. The first-order chi connectivity index (χ1) is 7.82. The minimum absolute atomic E-state index is 0.277. The normalized spacial score (nSPS) is 24.8. The first kappa shape index (κ1) is 14.0. The van der Waals surface area contributed by atoms with Gasteiger partial charge in [-0.15, -0.1) is 0 Å². The van der Waals surface area contributed by atoms with Crippen molar-refractivity contribution in [2.24, 2.45) is 0 Å². The standard InChI is InChI=1S/C12H21NO4/c1-5-16-12(9-14)6-7-13(8-12)10(15)17-11(2,3)4/h9H,5-8H2,1-4H3. The Morgan fingerprint density at radius 1 is 1.47 bits per heavy atom. The summed E-state index contributed by atoms with van der Waals surface area (Å²) in [6.07, 6.45) is 0.936. The van der Waals surface area contributed by atoms with Crippen molar-refractivity contribution < 1.29 is 19.1 Å². The van der Waals surface area contributed by atoms with Gasteiger partial charge in [0, 0.05) is 19.6 Å². The van der Waals surface area contributed by atoms with Gasteiger partial charge >= 0.3 is 6.09 Å². The van der Waals surface area contributed by atoms with E-state index in [9.17, 15) is 9.59 Å². The summed E-state index contributed by atoms with van der Waals surface area (Å²) in [7, 11) is 0. The van der Waals surface area contributed by atoms with Gasteiger partial charge in [0.2, 0.25) is 0 Å². The van der Waals surface area contributed by atoms with Gasteiger partial charge in [0.25, 0.3) is 0 Å². The van der Waals surface area contributed by atoms with Crippen molar-refractivity contribution in [1.29, 1.82) is 0 Å². The van der Waals surface area contributed by atoms with Crippen LogP contribution in [-0.4, -0.2) is 48.2 Å². The van der Waals surface area contributed by atoms with E-state index in [0.717, 1.165) is 6.29 Å². The molecule has 1 atom stereocenters. The highest BCUT2D eigenvalue weighted by atomic mass is 16.6. The van der Waals surface area contributed by atoms with E-state index in [4.69, 9.17) is 9.47 Å². The van der Waals surface area contributed by atoms with Crippen LogP contribution >= 0.6 is 0 Å². The van der Waals surface area contributed by atoms with Crippen molar-refractivity contribution in [3.63, 3.8) is 0 Å². The van der Waals surface area contributed by atoms with E-state index in [0.29, 0.717) is 19.6 Å². The number of ether oxygens (including phenoxy) is 2. The Morgan fingerprint density at radius 3 is 2.59 bits per heavy atom. The zero-order valence-electron chi connectivity index (χ0n) is 11.0. The molecule has 0 radical (unpaired) electrons. The molecule has 1 saturated heterocycles. The van der Waals surface area contributed by atoms with Crippen LogP contribution in [0.15, 0.2) is 0 Å². The fraction of sp³-hybridized carbons (Fsp3) is 0.833. The summed E-state index contributed by atoms with van der Waals surface area (Å²) in [6, 6.07) is 0. The molecule has 1 heterocycles. The number of amides is 1. The summed E-state index contributed by atoms with van der Waals surface area (Å²) >= 11 is 0. The molecule has 0 saturated carbocycles. The van der Waals surface area contributed by atoms with Crippen LogP contribution in [0.25, 0.3) is 0 Å². The molecule has 0 aromatic carbocycles.